The molecule has 0 bridgehead atoms. The predicted octanol–water partition coefficient (Wildman–Crippen LogP) is 4.71. The number of rotatable bonds is 5. The lowest BCUT2D eigenvalue weighted by Crippen LogP contribution is -2.23. The molecule has 27 heavy (non-hydrogen) atoms. The van der Waals surface area contributed by atoms with Gasteiger partial charge >= 0.3 is 0 Å². The Morgan fingerprint density at radius 3 is 2.63 bits per heavy atom. The maximum atomic E-state index is 13.0. The third-order valence-electron chi connectivity index (χ3n) is 4.45. The number of hydrogen-bond donors (Lipinski definition) is 0. The Morgan fingerprint density at radius 1 is 1.11 bits per heavy atom. The smallest absolute Gasteiger partial charge is 0.262 e. The molecule has 0 atom stereocenters. The Labute approximate surface area is 166 Å². The van der Waals surface area contributed by atoms with Crippen LogP contribution in [0.2, 0.25) is 5.02 Å². The summed E-state index contributed by atoms with van der Waals surface area (Å²) in [6, 6.07) is 13.7. The van der Waals surface area contributed by atoms with Crippen molar-refractivity contribution < 1.29 is 0 Å². The standard InChI is InChI=1S/C20H19ClN4OS/c1-3-10-24-18(26)16-11-13(2)4-9-17(16)25-19(24)22-23-20(25)27-12-14-5-7-15(21)8-6-14/h4-9,11H,3,10,12H2,1-2H3. The Bertz CT molecular complexity index is 1180. The van der Waals surface area contributed by atoms with Gasteiger partial charge < -0.3 is 0 Å². The lowest BCUT2D eigenvalue weighted by Gasteiger charge is -2.11. The van der Waals surface area contributed by atoms with E-state index in [1.807, 2.05) is 53.8 Å². The molecule has 0 aliphatic heterocycles. The molecule has 0 amide bonds. The average molecular weight is 399 g/mol. The monoisotopic (exact) mass is 398 g/mol. The third kappa shape index (κ3) is 3.35. The molecule has 4 aromatic rings. The van der Waals surface area contributed by atoms with Gasteiger partial charge in [0.2, 0.25) is 5.78 Å². The first-order chi connectivity index (χ1) is 13.1. The summed E-state index contributed by atoms with van der Waals surface area (Å²) >= 11 is 7.56. The summed E-state index contributed by atoms with van der Waals surface area (Å²) in [7, 11) is 0. The van der Waals surface area contributed by atoms with Gasteiger partial charge in [-0.05, 0) is 43.2 Å². The van der Waals surface area contributed by atoms with Crippen molar-refractivity contribution in [3.63, 3.8) is 0 Å². The first-order valence-corrected chi connectivity index (χ1v) is 10.2. The maximum Gasteiger partial charge on any atom is 0.262 e. The van der Waals surface area contributed by atoms with Gasteiger partial charge in [0.05, 0.1) is 10.9 Å². The molecule has 2 aromatic heterocycles. The zero-order chi connectivity index (χ0) is 19.0. The molecule has 0 saturated carbocycles. The van der Waals surface area contributed by atoms with E-state index in [0.29, 0.717) is 17.7 Å². The van der Waals surface area contributed by atoms with Crippen LogP contribution in [0.25, 0.3) is 16.7 Å². The SMILES string of the molecule is CCCn1c(=O)c2cc(C)ccc2n2c(SCc3ccc(Cl)cc3)nnc12. The first-order valence-electron chi connectivity index (χ1n) is 8.84. The molecule has 0 fully saturated rings. The first kappa shape index (κ1) is 18.1. The van der Waals surface area contributed by atoms with E-state index in [1.54, 1.807) is 16.3 Å². The molecule has 4 rings (SSSR count). The van der Waals surface area contributed by atoms with Crippen molar-refractivity contribution in [2.75, 3.05) is 0 Å². The number of fused-ring (bicyclic) bond motifs is 3. The summed E-state index contributed by atoms with van der Waals surface area (Å²) in [5.41, 5.74) is 3.05. The van der Waals surface area contributed by atoms with E-state index < -0.39 is 0 Å². The Kier molecular flexibility index (Phi) is 4.93. The predicted molar refractivity (Wildman–Crippen MR) is 111 cm³/mol. The van der Waals surface area contributed by atoms with Gasteiger partial charge in [-0.1, -0.05) is 54.0 Å². The van der Waals surface area contributed by atoms with Crippen LogP contribution in [-0.2, 0) is 12.3 Å². The van der Waals surface area contributed by atoms with Gasteiger partial charge in [-0.15, -0.1) is 10.2 Å². The van der Waals surface area contributed by atoms with Gasteiger partial charge in [0.25, 0.3) is 5.56 Å². The molecule has 0 radical (unpaired) electrons. The van der Waals surface area contributed by atoms with Crippen molar-refractivity contribution in [2.24, 2.45) is 0 Å². The molecule has 138 valence electrons. The minimum Gasteiger partial charge on any atom is -0.276 e. The highest BCUT2D eigenvalue weighted by molar-refractivity contribution is 7.98. The van der Waals surface area contributed by atoms with Gasteiger partial charge in [0, 0.05) is 17.3 Å². The van der Waals surface area contributed by atoms with E-state index >= 15 is 0 Å². The van der Waals surface area contributed by atoms with Crippen molar-refractivity contribution in [3.8, 4) is 0 Å². The Balaban J connectivity index is 1.85. The molecule has 0 unspecified atom stereocenters. The molecule has 0 aliphatic carbocycles. The Hall–Kier alpha value is -2.31. The lowest BCUT2D eigenvalue weighted by molar-refractivity contribution is 0.662. The zero-order valence-corrected chi connectivity index (χ0v) is 16.7. The molecular weight excluding hydrogens is 380 g/mol. The second-order valence-electron chi connectivity index (χ2n) is 6.51. The fourth-order valence-corrected chi connectivity index (χ4v) is 4.17. The fourth-order valence-electron chi connectivity index (χ4n) is 3.15. The molecule has 2 aromatic carbocycles. The number of hydrogen-bond acceptors (Lipinski definition) is 4. The number of aromatic nitrogens is 4. The van der Waals surface area contributed by atoms with E-state index in [4.69, 9.17) is 11.6 Å². The van der Waals surface area contributed by atoms with Gasteiger partial charge in [-0.3, -0.25) is 13.8 Å². The summed E-state index contributed by atoms with van der Waals surface area (Å²) in [5, 5.41) is 10.9. The van der Waals surface area contributed by atoms with Crippen molar-refractivity contribution >= 4 is 40.0 Å². The zero-order valence-electron chi connectivity index (χ0n) is 15.1. The third-order valence-corrected chi connectivity index (χ3v) is 5.71. The van der Waals surface area contributed by atoms with Gasteiger partial charge in [0.1, 0.15) is 0 Å². The highest BCUT2D eigenvalue weighted by Gasteiger charge is 2.16. The number of halogens is 1. The average Bonchev–Trinajstić information content (AvgIpc) is 3.08. The van der Waals surface area contributed by atoms with Crippen LogP contribution in [0.1, 0.15) is 24.5 Å². The molecule has 5 nitrogen and oxygen atoms in total. The van der Waals surface area contributed by atoms with Crippen LogP contribution in [0.3, 0.4) is 0 Å². The summed E-state index contributed by atoms with van der Waals surface area (Å²) < 4.78 is 3.72. The Morgan fingerprint density at radius 2 is 1.89 bits per heavy atom. The topological polar surface area (TPSA) is 52.2 Å². The van der Waals surface area contributed by atoms with Crippen LogP contribution >= 0.6 is 23.4 Å². The minimum atomic E-state index is -0.00954. The van der Waals surface area contributed by atoms with E-state index in [0.717, 1.165) is 39.0 Å². The second-order valence-corrected chi connectivity index (χ2v) is 7.89. The summed E-state index contributed by atoms with van der Waals surface area (Å²) in [5.74, 6) is 1.34. The van der Waals surface area contributed by atoms with Crippen LogP contribution in [0.5, 0.6) is 0 Å². The second kappa shape index (κ2) is 7.37. The molecular formula is C20H19ClN4OS. The van der Waals surface area contributed by atoms with Crippen LogP contribution in [-0.4, -0.2) is 19.2 Å². The number of benzene rings is 2. The molecule has 0 spiro atoms. The summed E-state index contributed by atoms with van der Waals surface area (Å²) in [6.07, 6.45) is 0.854. The minimum absolute atomic E-state index is 0.00954. The van der Waals surface area contributed by atoms with E-state index in [2.05, 4.69) is 17.1 Å². The molecule has 0 saturated heterocycles. The largest absolute Gasteiger partial charge is 0.276 e. The fraction of sp³-hybridized carbons (Fsp3) is 0.250. The van der Waals surface area contributed by atoms with Crippen LogP contribution in [0.4, 0.5) is 0 Å². The van der Waals surface area contributed by atoms with Gasteiger partial charge in [-0.25, -0.2) is 0 Å². The molecule has 7 heteroatoms. The van der Waals surface area contributed by atoms with E-state index in [9.17, 15) is 4.79 Å². The number of thioether (sulfide) groups is 1. The van der Waals surface area contributed by atoms with Crippen molar-refractivity contribution in [3.05, 3.63) is 69.0 Å². The number of nitrogens with zero attached hydrogens (tertiary/aromatic N) is 4. The summed E-state index contributed by atoms with van der Waals surface area (Å²) in [6.45, 7) is 4.66. The summed E-state index contributed by atoms with van der Waals surface area (Å²) in [4.78, 5) is 13.0. The molecule has 0 aliphatic rings. The van der Waals surface area contributed by atoms with E-state index in [1.165, 1.54) is 0 Å². The van der Waals surface area contributed by atoms with Gasteiger partial charge in [0.15, 0.2) is 5.16 Å². The van der Waals surface area contributed by atoms with Crippen LogP contribution < -0.4 is 5.56 Å². The van der Waals surface area contributed by atoms with Gasteiger partial charge in [-0.2, -0.15) is 0 Å². The quantitative estimate of drug-likeness (QED) is 0.457. The van der Waals surface area contributed by atoms with Crippen LogP contribution in [0, 0.1) is 6.92 Å². The van der Waals surface area contributed by atoms with Crippen molar-refractivity contribution in [1.29, 1.82) is 0 Å². The molecule has 0 N–H and O–H groups in total. The highest BCUT2D eigenvalue weighted by atomic mass is 35.5. The van der Waals surface area contributed by atoms with Crippen molar-refractivity contribution in [2.45, 2.75) is 37.7 Å². The van der Waals surface area contributed by atoms with E-state index in [-0.39, 0.29) is 5.56 Å². The highest BCUT2D eigenvalue weighted by Crippen LogP contribution is 2.25. The lowest BCUT2D eigenvalue weighted by atomic mass is 10.1. The van der Waals surface area contributed by atoms with Crippen LogP contribution in [0.15, 0.2) is 52.4 Å². The maximum absolute atomic E-state index is 13.0. The normalized spacial score (nSPS) is 11.5. The van der Waals surface area contributed by atoms with Crippen molar-refractivity contribution in [1.82, 2.24) is 19.2 Å². The molecule has 2 heterocycles. The number of aryl methyl sites for hydroxylation is 2.